The van der Waals surface area contributed by atoms with Gasteiger partial charge in [0.25, 0.3) is 0 Å². The number of nitrogens with zero attached hydrogens (tertiary/aromatic N) is 3. The maximum atomic E-state index is 11.6. The van der Waals surface area contributed by atoms with Gasteiger partial charge in [0.05, 0.1) is 4.92 Å². The van der Waals surface area contributed by atoms with Crippen molar-refractivity contribution in [1.82, 2.24) is 9.97 Å². The van der Waals surface area contributed by atoms with Gasteiger partial charge < -0.3 is 10.6 Å². The lowest BCUT2D eigenvalue weighted by molar-refractivity contribution is -0.383. The predicted molar refractivity (Wildman–Crippen MR) is 96.6 cm³/mol. The van der Waals surface area contributed by atoms with Gasteiger partial charge in [0.2, 0.25) is 11.6 Å². The van der Waals surface area contributed by atoms with Crippen LogP contribution in [-0.2, 0) is 0 Å². The Bertz CT molecular complexity index is 717. The first-order valence-corrected chi connectivity index (χ1v) is 8.71. The van der Waals surface area contributed by atoms with Crippen LogP contribution in [0.15, 0.2) is 35.1 Å². The minimum absolute atomic E-state index is 0.119. The van der Waals surface area contributed by atoms with E-state index < -0.39 is 4.92 Å². The van der Waals surface area contributed by atoms with Gasteiger partial charge in [0.1, 0.15) is 6.33 Å². The number of aromatic nitrogens is 2. The Morgan fingerprint density at radius 2 is 1.75 bits per heavy atom. The van der Waals surface area contributed by atoms with E-state index in [1.165, 1.54) is 12.7 Å². The van der Waals surface area contributed by atoms with Crippen molar-refractivity contribution in [3.63, 3.8) is 0 Å². The fraction of sp³-hybridized carbons (Fsp3) is 0.375. The molecule has 1 heterocycles. The molecule has 0 bridgehead atoms. The van der Waals surface area contributed by atoms with Crippen molar-refractivity contribution in [3.8, 4) is 0 Å². The van der Waals surface area contributed by atoms with Crippen LogP contribution < -0.4 is 10.6 Å². The zero-order chi connectivity index (χ0) is 16.9. The van der Waals surface area contributed by atoms with E-state index in [9.17, 15) is 10.1 Å². The van der Waals surface area contributed by atoms with Gasteiger partial charge in [-0.25, -0.2) is 9.97 Å². The van der Waals surface area contributed by atoms with E-state index in [4.69, 9.17) is 0 Å². The summed E-state index contributed by atoms with van der Waals surface area (Å²) in [4.78, 5) is 19.3. The third-order valence-electron chi connectivity index (χ3n) is 4.06. The van der Waals surface area contributed by atoms with Gasteiger partial charge in [-0.1, -0.05) is 35.2 Å². The summed E-state index contributed by atoms with van der Waals surface area (Å²) in [6.07, 6.45) is 6.87. The molecule has 2 N–H and O–H groups in total. The molecular weight excluding hydrogens is 374 g/mol. The molecule has 1 aliphatic carbocycles. The summed E-state index contributed by atoms with van der Waals surface area (Å²) < 4.78 is 0.935. The van der Waals surface area contributed by atoms with Crippen LogP contribution in [0.4, 0.5) is 23.0 Å². The fourth-order valence-electron chi connectivity index (χ4n) is 2.86. The summed E-state index contributed by atoms with van der Waals surface area (Å²) >= 11 is 3.36. The Morgan fingerprint density at radius 1 is 1.08 bits per heavy atom. The first kappa shape index (κ1) is 16.6. The number of hydrogen-bond donors (Lipinski definition) is 2. The van der Waals surface area contributed by atoms with Crippen molar-refractivity contribution >= 4 is 38.9 Å². The van der Waals surface area contributed by atoms with Crippen molar-refractivity contribution in [2.75, 3.05) is 10.6 Å². The summed E-state index contributed by atoms with van der Waals surface area (Å²) in [5.41, 5.74) is 0.606. The molecule has 1 aliphatic rings. The first-order valence-electron chi connectivity index (χ1n) is 7.92. The van der Waals surface area contributed by atoms with Gasteiger partial charge in [-0.3, -0.25) is 10.1 Å². The highest BCUT2D eigenvalue weighted by atomic mass is 79.9. The second kappa shape index (κ2) is 7.57. The predicted octanol–water partition coefficient (Wildman–Crippen LogP) is 4.64. The lowest BCUT2D eigenvalue weighted by Crippen LogP contribution is -2.23. The monoisotopic (exact) mass is 391 g/mol. The van der Waals surface area contributed by atoms with Crippen LogP contribution >= 0.6 is 15.9 Å². The number of rotatable bonds is 5. The molecule has 7 nitrogen and oxygen atoms in total. The van der Waals surface area contributed by atoms with Crippen molar-refractivity contribution in [1.29, 1.82) is 0 Å². The minimum atomic E-state index is -0.438. The molecule has 3 rings (SSSR count). The second-order valence-corrected chi connectivity index (χ2v) is 6.70. The van der Waals surface area contributed by atoms with E-state index >= 15 is 0 Å². The second-order valence-electron chi connectivity index (χ2n) is 5.79. The van der Waals surface area contributed by atoms with Crippen molar-refractivity contribution in [2.45, 2.75) is 38.1 Å². The first-order chi connectivity index (χ1) is 11.6. The smallest absolute Gasteiger partial charge is 0.353 e. The fourth-order valence-corrected chi connectivity index (χ4v) is 3.12. The minimum Gasteiger partial charge on any atom is -0.361 e. The summed E-state index contributed by atoms with van der Waals surface area (Å²) in [7, 11) is 0. The van der Waals surface area contributed by atoms with Crippen LogP contribution in [0.5, 0.6) is 0 Å². The molecule has 0 saturated heterocycles. The normalized spacial score (nSPS) is 15.0. The lowest BCUT2D eigenvalue weighted by atomic mass is 9.95. The van der Waals surface area contributed by atoms with Crippen LogP contribution in [0.1, 0.15) is 32.1 Å². The molecule has 8 heteroatoms. The van der Waals surface area contributed by atoms with Crippen LogP contribution in [0.2, 0.25) is 0 Å². The maximum absolute atomic E-state index is 11.6. The van der Waals surface area contributed by atoms with Gasteiger partial charge in [-0.2, -0.15) is 0 Å². The third-order valence-corrected chi connectivity index (χ3v) is 4.59. The Balaban J connectivity index is 1.86. The van der Waals surface area contributed by atoms with Crippen molar-refractivity contribution < 1.29 is 4.92 Å². The number of halogens is 1. The van der Waals surface area contributed by atoms with E-state index in [0.717, 1.165) is 35.8 Å². The molecule has 0 spiro atoms. The Morgan fingerprint density at radius 3 is 2.42 bits per heavy atom. The van der Waals surface area contributed by atoms with Crippen LogP contribution in [0, 0.1) is 10.1 Å². The Kier molecular flexibility index (Phi) is 5.24. The molecule has 0 aliphatic heterocycles. The number of nitrogens with one attached hydrogen (secondary N) is 2. The van der Waals surface area contributed by atoms with Crippen molar-refractivity contribution in [3.05, 3.63) is 45.2 Å². The number of hydrogen-bond acceptors (Lipinski definition) is 6. The highest BCUT2D eigenvalue weighted by molar-refractivity contribution is 9.10. The molecular formula is C16H18BrN5O2. The lowest BCUT2D eigenvalue weighted by Gasteiger charge is -2.23. The topological polar surface area (TPSA) is 93.0 Å². The van der Waals surface area contributed by atoms with Gasteiger partial charge in [-0.15, -0.1) is 0 Å². The summed E-state index contributed by atoms with van der Waals surface area (Å²) in [6, 6.07) is 7.59. The standard InChI is InChI=1S/C16H18BrN5O2/c17-11-6-8-13(9-7-11)21-16-14(22(23)24)15(18-10-19-16)20-12-4-2-1-3-5-12/h6-10,12H,1-5H2,(H2,18,19,20,21). The highest BCUT2D eigenvalue weighted by Crippen LogP contribution is 2.33. The number of benzene rings is 1. The summed E-state index contributed by atoms with van der Waals surface area (Å²) in [6.45, 7) is 0. The van der Waals surface area contributed by atoms with E-state index in [1.54, 1.807) is 0 Å². The molecule has 24 heavy (non-hydrogen) atoms. The van der Waals surface area contributed by atoms with Crippen molar-refractivity contribution in [2.24, 2.45) is 0 Å². The highest BCUT2D eigenvalue weighted by Gasteiger charge is 2.25. The molecule has 1 aromatic heterocycles. The molecule has 0 unspecified atom stereocenters. The van der Waals surface area contributed by atoms with Crippen LogP contribution in [-0.4, -0.2) is 20.9 Å². The van der Waals surface area contributed by atoms with Gasteiger partial charge in [-0.05, 0) is 37.1 Å². The van der Waals surface area contributed by atoms with E-state index in [1.807, 2.05) is 24.3 Å². The average molecular weight is 392 g/mol. The summed E-state index contributed by atoms with van der Waals surface area (Å²) in [5, 5.41) is 17.8. The van der Waals surface area contributed by atoms with E-state index in [2.05, 4.69) is 36.5 Å². The average Bonchev–Trinajstić information content (AvgIpc) is 2.58. The Labute approximate surface area is 148 Å². The van der Waals surface area contributed by atoms with Gasteiger partial charge in [0, 0.05) is 16.2 Å². The Hall–Kier alpha value is -2.22. The van der Waals surface area contributed by atoms with Crippen LogP contribution in [0.3, 0.4) is 0 Å². The molecule has 1 fully saturated rings. The van der Waals surface area contributed by atoms with Gasteiger partial charge >= 0.3 is 5.69 Å². The van der Waals surface area contributed by atoms with Gasteiger partial charge in [0.15, 0.2) is 0 Å². The molecule has 0 radical (unpaired) electrons. The van der Waals surface area contributed by atoms with E-state index in [0.29, 0.717) is 0 Å². The molecule has 1 aromatic carbocycles. The third kappa shape index (κ3) is 4.00. The maximum Gasteiger partial charge on any atom is 0.353 e. The quantitative estimate of drug-likeness (QED) is 0.569. The molecule has 126 valence electrons. The molecule has 0 amide bonds. The number of anilines is 3. The SMILES string of the molecule is O=[N+]([O-])c1c(Nc2ccc(Br)cc2)ncnc1NC1CCCCC1. The zero-order valence-electron chi connectivity index (χ0n) is 13.0. The molecule has 0 atom stereocenters. The largest absolute Gasteiger partial charge is 0.361 e. The summed E-state index contributed by atoms with van der Waals surface area (Å²) in [5.74, 6) is 0.470. The number of nitro groups is 1. The zero-order valence-corrected chi connectivity index (χ0v) is 14.6. The van der Waals surface area contributed by atoms with E-state index in [-0.39, 0.29) is 23.4 Å². The molecule has 2 aromatic rings. The van der Waals surface area contributed by atoms with Crippen LogP contribution in [0.25, 0.3) is 0 Å². The molecule has 1 saturated carbocycles.